The minimum absolute atomic E-state index is 0.0794. The summed E-state index contributed by atoms with van der Waals surface area (Å²) in [4.78, 5) is 14.0. The standard InChI is InChI=1S/C19H27N5O/c1-4-25-12-18-23-17-8-10-20-9-7-15(17)19(24-18)22-14(3)16-6-5-13(2)11-21-16/h5-6,11,14,20H,4,7-10,12H2,1-3H3,(H,22,23,24)/t14-/m0/s1. The van der Waals surface area contributed by atoms with Gasteiger partial charge in [0.1, 0.15) is 12.4 Å². The number of hydrogen-bond donors (Lipinski definition) is 2. The quantitative estimate of drug-likeness (QED) is 0.841. The summed E-state index contributed by atoms with van der Waals surface area (Å²) < 4.78 is 5.52. The molecule has 0 saturated carbocycles. The Labute approximate surface area is 149 Å². The van der Waals surface area contributed by atoms with Crippen LogP contribution in [-0.2, 0) is 24.2 Å². The largest absolute Gasteiger partial charge is 0.374 e. The van der Waals surface area contributed by atoms with Gasteiger partial charge in [0.2, 0.25) is 0 Å². The Kier molecular flexibility index (Phi) is 5.94. The van der Waals surface area contributed by atoms with Gasteiger partial charge in [0, 0.05) is 31.3 Å². The Hall–Kier alpha value is -2.05. The summed E-state index contributed by atoms with van der Waals surface area (Å²) in [6, 6.07) is 4.23. The number of fused-ring (bicyclic) bond motifs is 1. The molecule has 0 spiro atoms. The Morgan fingerprint density at radius 3 is 2.84 bits per heavy atom. The summed E-state index contributed by atoms with van der Waals surface area (Å²) in [5, 5.41) is 6.99. The van der Waals surface area contributed by atoms with E-state index >= 15 is 0 Å². The third-order valence-corrected chi connectivity index (χ3v) is 4.40. The summed E-state index contributed by atoms with van der Waals surface area (Å²) in [7, 11) is 0. The van der Waals surface area contributed by atoms with Crippen LogP contribution in [0.3, 0.4) is 0 Å². The van der Waals surface area contributed by atoms with E-state index in [9.17, 15) is 0 Å². The molecule has 1 aliphatic rings. The monoisotopic (exact) mass is 341 g/mol. The molecule has 0 unspecified atom stereocenters. The van der Waals surface area contributed by atoms with Gasteiger partial charge in [-0.3, -0.25) is 4.98 Å². The average molecular weight is 341 g/mol. The van der Waals surface area contributed by atoms with Crippen molar-refractivity contribution < 1.29 is 4.74 Å². The topological polar surface area (TPSA) is 72.0 Å². The third-order valence-electron chi connectivity index (χ3n) is 4.40. The minimum atomic E-state index is 0.0794. The van der Waals surface area contributed by atoms with Gasteiger partial charge in [0.25, 0.3) is 0 Å². The van der Waals surface area contributed by atoms with Crippen molar-refractivity contribution in [1.82, 2.24) is 20.3 Å². The maximum Gasteiger partial charge on any atom is 0.156 e. The first-order valence-corrected chi connectivity index (χ1v) is 9.03. The molecule has 2 aromatic rings. The van der Waals surface area contributed by atoms with E-state index in [2.05, 4.69) is 34.7 Å². The third kappa shape index (κ3) is 4.52. The van der Waals surface area contributed by atoms with Crippen LogP contribution in [-0.4, -0.2) is 34.6 Å². The minimum Gasteiger partial charge on any atom is -0.374 e. The molecule has 2 N–H and O–H groups in total. The number of rotatable bonds is 6. The number of nitrogens with zero attached hydrogens (tertiary/aromatic N) is 3. The van der Waals surface area contributed by atoms with Crippen LogP contribution in [0.1, 0.15) is 48.2 Å². The Bertz CT molecular complexity index is 702. The van der Waals surface area contributed by atoms with Crippen molar-refractivity contribution in [2.24, 2.45) is 0 Å². The van der Waals surface area contributed by atoms with Crippen molar-refractivity contribution >= 4 is 5.82 Å². The molecule has 0 amide bonds. The zero-order valence-electron chi connectivity index (χ0n) is 15.3. The molecule has 1 aliphatic heterocycles. The highest BCUT2D eigenvalue weighted by Crippen LogP contribution is 2.24. The van der Waals surface area contributed by atoms with Crippen molar-refractivity contribution in [3.8, 4) is 0 Å². The summed E-state index contributed by atoms with van der Waals surface area (Å²) in [6.45, 7) is 9.16. The Morgan fingerprint density at radius 2 is 2.08 bits per heavy atom. The molecule has 3 heterocycles. The van der Waals surface area contributed by atoms with Crippen molar-refractivity contribution in [1.29, 1.82) is 0 Å². The fraction of sp³-hybridized carbons (Fsp3) is 0.526. The smallest absolute Gasteiger partial charge is 0.156 e. The van der Waals surface area contributed by atoms with Gasteiger partial charge in [-0.2, -0.15) is 0 Å². The number of aromatic nitrogens is 3. The molecule has 6 nitrogen and oxygen atoms in total. The number of nitrogens with one attached hydrogen (secondary N) is 2. The van der Waals surface area contributed by atoms with E-state index in [1.165, 1.54) is 5.56 Å². The normalized spacial score (nSPS) is 15.3. The predicted octanol–water partition coefficient (Wildman–Crippen LogP) is 2.58. The van der Waals surface area contributed by atoms with Crippen molar-refractivity contribution in [2.45, 2.75) is 46.3 Å². The summed E-state index contributed by atoms with van der Waals surface area (Å²) in [5.74, 6) is 1.66. The van der Waals surface area contributed by atoms with Gasteiger partial charge in [0.05, 0.1) is 17.4 Å². The van der Waals surface area contributed by atoms with Crippen LogP contribution in [0.5, 0.6) is 0 Å². The van der Waals surface area contributed by atoms with E-state index in [0.29, 0.717) is 13.2 Å². The van der Waals surface area contributed by atoms with Crippen LogP contribution in [0.2, 0.25) is 0 Å². The highest BCUT2D eigenvalue weighted by atomic mass is 16.5. The lowest BCUT2D eigenvalue weighted by molar-refractivity contribution is 0.128. The van der Waals surface area contributed by atoms with E-state index in [1.54, 1.807) is 0 Å². The molecule has 0 saturated heterocycles. The second-order valence-electron chi connectivity index (χ2n) is 6.43. The lowest BCUT2D eigenvalue weighted by Crippen LogP contribution is -2.16. The maximum atomic E-state index is 5.52. The van der Waals surface area contributed by atoms with Gasteiger partial charge in [-0.05, 0) is 45.4 Å². The van der Waals surface area contributed by atoms with E-state index in [1.807, 2.05) is 20.0 Å². The molecule has 0 aliphatic carbocycles. The first-order chi connectivity index (χ1) is 12.2. The summed E-state index contributed by atoms with van der Waals surface area (Å²) in [6.07, 6.45) is 3.75. The highest BCUT2D eigenvalue weighted by Gasteiger charge is 2.18. The molecule has 25 heavy (non-hydrogen) atoms. The molecule has 0 fully saturated rings. The van der Waals surface area contributed by atoms with Gasteiger partial charge < -0.3 is 15.4 Å². The molecule has 0 aromatic carbocycles. The molecular formula is C19H27N5O. The van der Waals surface area contributed by atoms with E-state index < -0.39 is 0 Å². The lowest BCUT2D eigenvalue weighted by atomic mass is 10.1. The zero-order valence-corrected chi connectivity index (χ0v) is 15.3. The predicted molar refractivity (Wildman–Crippen MR) is 98.7 cm³/mol. The summed E-state index contributed by atoms with van der Waals surface area (Å²) in [5.41, 5.74) is 4.51. The molecule has 0 radical (unpaired) electrons. The second-order valence-corrected chi connectivity index (χ2v) is 6.43. The molecule has 2 aromatic heterocycles. The van der Waals surface area contributed by atoms with Crippen molar-refractivity contribution in [3.63, 3.8) is 0 Å². The number of ether oxygens (including phenoxy) is 1. The van der Waals surface area contributed by atoms with Gasteiger partial charge in [0.15, 0.2) is 5.82 Å². The number of aryl methyl sites for hydroxylation is 1. The fourth-order valence-electron chi connectivity index (χ4n) is 2.99. The average Bonchev–Trinajstić information content (AvgIpc) is 2.86. The first-order valence-electron chi connectivity index (χ1n) is 9.03. The van der Waals surface area contributed by atoms with Crippen LogP contribution in [0, 0.1) is 6.92 Å². The number of pyridine rings is 1. The second kappa shape index (κ2) is 8.36. The maximum absolute atomic E-state index is 5.52. The molecular weight excluding hydrogens is 314 g/mol. The van der Waals surface area contributed by atoms with Gasteiger partial charge in [-0.15, -0.1) is 0 Å². The van der Waals surface area contributed by atoms with Gasteiger partial charge in [-0.25, -0.2) is 9.97 Å². The Morgan fingerprint density at radius 1 is 1.24 bits per heavy atom. The first kappa shape index (κ1) is 17.8. The zero-order chi connectivity index (χ0) is 17.6. The van der Waals surface area contributed by atoms with Crippen LogP contribution < -0.4 is 10.6 Å². The van der Waals surface area contributed by atoms with Gasteiger partial charge in [-0.1, -0.05) is 6.07 Å². The summed E-state index contributed by atoms with van der Waals surface area (Å²) >= 11 is 0. The Balaban J connectivity index is 1.88. The number of anilines is 1. The highest BCUT2D eigenvalue weighted by molar-refractivity contribution is 5.49. The van der Waals surface area contributed by atoms with E-state index in [0.717, 1.165) is 54.5 Å². The van der Waals surface area contributed by atoms with Crippen LogP contribution in [0.4, 0.5) is 5.82 Å². The van der Waals surface area contributed by atoms with E-state index in [-0.39, 0.29) is 6.04 Å². The fourth-order valence-corrected chi connectivity index (χ4v) is 2.99. The van der Waals surface area contributed by atoms with Crippen LogP contribution >= 0.6 is 0 Å². The lowest BCUT2D eigenvalue weighted by Gasteiger charge is -2.19. The van der Waals surface area contributed by atoms with Gasteiger partial charge >= 0.3 is 0 Å². The molecule has 1 atom stereocenters. The van der Waals surface area contributed by atoms with Crippen molar-refractivity contribution in [2.75, 3.05) is 25.0 Å². The van der Waals surface area contributed by atoms with Crippen LogP contribution in [0.15, 0.2) is 18.3 Å². The van der Waals surface area contributed by atoms with Crippen LogP contribution in [0.25, 0.3) is 0 Å². The molecule has 0 bridgehead atoms. The molecule has 3 rings (SSSR count). The van der Waals surface area contributed by atoms with E-state index in [4.69, 9.17) is 14.7 Å². The molecule has 134 valence electrons. The number of hydrogen-bond acceptors (Lipinski definition) is 6. The van der Waals surface area contributed by atoms with Crippen molar-refractivity contribution in [3.05, 3.63) is 46.7 Å². The SMILES string of the molecule is CCOCc1nc2c(c(N[C@@H](C)c3ccc(C)cn3)n1)CCNCC2. The molecule has 6 heteroatoms.